The van der Waals surface area contributed by atoms with Crippen LogP contribution in [0.25, 0.3) is 0 Å². The second-order valence-electron chi connectivity index (χ2n) is 2.66. The average molecular weight is 240 g/mol. The van der Waals surface area contributed by atoms with E-state index in [-0.39, 0.29) is 16.3 Å². The SMILES string of the molecule is COC(=O)C#Cc1cc([N+](=O)[O-])ccc1Cl. The average Bonchev–Trinajstić information content (AvgIpc) is 2.27. The number of methoxy groups -OCH3 is 1. The van der Waals surface area contributed by atoms with Crippen molar-refractivity contribution in [3.63, 3.8) is 0 Å². The number of esters is 1. The van der Waals surface area contributed by atoms with Crippen molar-refractivity contribution >= 4 is 23.3 Å². The Hall–Kier alpha value is -2.06. The van der Waals surface area contributed by atoms with E-state index in [0.29, 0.717) is 0 Å². The van der Waals surface area contributed by atoms with Gasteiger partial charge in [-0.25, -0.2) is 4.79 Å². The quantitative estimate of drug-likeness (QED) is 0.324. The van der Waals surface area contributed by atoms with Crippen LogP contribution in [0, 0.1) is 22.0 Å². The maximum absolute atomic E-state index is 10.7. The van der Waals surface area contributed by atoms with Crippen molar-refractivity contribution in [1.82, 2.24) is 0 Å². The predicted molar refractivity (Wildman–Crippen MR) is 57.0 cm³/mol. The molecule has 0 aliphatic carbocycles. The molecule has 0 spiro atoms. The molecular weight excluding hydrogens is 234 g/mol. The molecule has 0 saturated carbocycles. The lowest BCUT2D eigenvalue weighted by atomic mass is 10.2. The van der Waals surface area contributed by atoms with Gasteiger partial charge in [0.1, 0.15) is 0 Å². The molecule has 0 atom stereocenters. The Morgan fingerprint density at radius 2 is 2.25 bits per heavy atom. The van der Waals surface area contributed by atoms with E-state index in [9.17, 15) is 14.9 Å². The van der Waals surface area contributed by atoms with Gasteiger partial charge in [-0.2, -0.15) is 0 Å². The summed E-state index contributed by atoms with van der Waals surface area (Å²) in [7, 11) is 1.19. The van der Waals surface area contributed by atoms with Crippen molar-refractivity contribution in [3.8, 4) is 11.8 Å². The second kappa shape index (κ2) is 5.14. The number of nitro benzene ring substituents is 1. The molecule has 16 heavy (non-hydrogen) atoms. The third-order valence-corrected chi connectivity index (χ3v) is 1.97. The number of benzene rings is 1. The largest absolute Gasteiger partial charge is 0.459 e. The predicted octanol–water partition coefficient (Wildman–Crippen LogP) is 1.77. The summed E-state index contributed by atoms with van der Waals surface area (Å²) in [6.07, 6.45) is 0. The molecule has 0 radical (unpaired) electrons. The van der Waals surface area contributed by atoms with Crippen LogP contribution in [0.4, 0.5) is 5.69 Å². The Morgan fingerprint density at radius 1 is 1.56 bits per heavy atom. The normalized spacial score (nSPS) is 8.88. The lowest BCUT2D eigenvalue weighted by Gasteiger charge is -1.95. The molecule has 5 nitrogen and oxygen atoms in total. The minimum atomic E-state index is -0.734. The maximum atomic E-state index is 10.7. The van der Waals surface area contributed by atoms with E-state index >= 15 is 0 Å². The van der Waals surface area contributed by atoms with Crippen molar-refractivity contribution in [2.24, 2.45) is 0 Å². The van der Waals surface area contributed by atoms with Gasteiger partial charge in [-0.3, -0.25) is 10.1 Å². The lowest BCUT2D eigenvalue weighted by Crippen LogP contribution is -1.95. The zero-order chi connectivity index (χ0) is 12.1. The number of ether oxygens (including phenoxy) is 1. The lowest BCUT2D eigenvalue weighted by molar-refractivity contribution is -0.384. The number of nitrogens with zero attached hydrogens (tertiary/aromatic N) is 1. The summed E-state index contributed by atoms with van der Waals surface area (Å²) >= 11 is 5.75. The molecule has 0 unspecified atom stereocenters. The highest BCUT2D eigenvalue weighted by Crippen LogP contribution is 2.20. The summed E-state index contributed by atoms with van der Waals surface area (Å²) in [5, 5.41) is 10.7. The Bertz CT molecular complexity index is 501. The van der Waals surface area contributed by atoms with Crippen LogP contribution in [0.15, 0.2) is 18.2 Å². The third-order valence-electron chi connectivity index (χ3n) is 1.65. The summed E-state index contributed by atoms with van der Waals surface area (Å²) in [4.78, 5) is 20.7. The van der Waals surface area contributed by atoms with Gasteiger partial charge in [0.2, 0.25) is 0 Å². The highest BCUT2D eigenvalue weighted by Gasteiger charge is 2.08. The number of hydrogen-bond donors (Lipinski definition) is 0. The summed E-state index contributed by atoms with van der Waals surface area (Å²) in [6.45, 7) is 0. The number of hydrogen-bond acceptors (Lipinski definition) is 4. The van der Waals surface area contributed by atoms with Crippen LogP contribution in [0.5, 0.6) is 0 Å². The van der Waals surface area contributed by atoms with Gasteiger partial charge in [-0.1, -0.05) is 17.5 Å². The van der Waals surface area contributed by atoms with Crippen molar-refractivity contribution in [3.05, 3.63) is 38.9 Å². The van der Waals surface area contributed by atoms with Gasteiger partial charge in [-0.15, -0.1) is 0 Å². The Kier molecular flexibility index (Phi) is 3.86. The standard InChI is InChI=1S/C10H6ClNO4/c1-16-10(13)5-2-7-6-8(12(14)15)3-4-9(7)11/h3-4,6H,1H3. The minimum Gasteiger partial charge on any atom is -0.459 e. The Balaban J connectivity index is 3.11. The molecule has 0 aromatic heterocycles. The second-order valence-corrected chi connectivity index (χ2v) is 3.07. The van der Waals surface area contributed by atoms with Gasteiger partial charge in [0.05, 0.1) is 22.6 Å². The Labute approximate surface area is 96.1 Å². The van der Waals surface area contributed by atoms with Crippen LogP contribution in [-0.4, -0.2) is 18.0 Å². The van der Waals surface area contributed by atoms with Gasteiger partial charge in [-0.05, 0) is 6.07 Å². The van der Waals surface area contributed by atoms with Crippen molar-refractivity contribution in [1.29, 1.82) is 0 Å². The molecule has 0 N–H and O–H groups in total. The highest BCUT2D eigenvalue weighted by molar-refractivity contribution is 6.31. The number of halogens is 1. The first-order valence-corrected chi connectivity index (χ1v) is 4.46. The van der Waals surface area contributed by atoms with Gasteiger partial charge in [0.15, 0.2) is 0 Å². The van der Waals surface area contributed by atoms with E-state index in [0.717, 1.165) is 0 Å². The highest BCUT2D eigenvalue weighted by atomic mass is 35.5. The van der Waals surface area contributed by atoms with Crippen LogP contribution in [0.1, 0.15) is 5.56 Å². The van der Waals surface area contributed by atoms with Gasteiger partial charge in [0.25, 0.3) is 5.69 Å². The smallest absolute Gasteiger partial charge is 0.384 e. The fraction of sp³-hybridized carbons (Fsp3) is 0.100. The van der Waals surface area contributed by atoms with Crippen LogP contribution in [0.2, 0.25) is 5.02 Å². The van der Waals surface area contributed by atoms with Gasteiger partial charge in [0, 0.05) is 18.1 Å². The number of non-ortho nitro benzene ring substituents is 1. The zero-order valence-corrected chi connectivity index (χ0v) is 8.95. The van der Waals surface area contributed by atoms with Crippen LogP contribution in [0.3, 0.4) is 0 Å². The van der Waals surface area contributed by atoms with Gasteiger partial charge < -0.3 is 4.74 Å². The van der Waals surface area contributed by atoms with Crippen LogP contribution in [-0.2, 0) is 9.53 Å². The molecule has 0 saturated heterocycles. The molecule has 0 amide bonds. The van der Waals surface area contributed by atoms with Crippen LogP contribution < -0.4 is 0 Å². The minimum absolute atomic E-state index is 0.140. The van der Waals surface area contributed by atoms with E-state index < -0.39 is 10.9 Å². The first kappa shape index (κ1) is 12.0. The monoisotopic (exact) mass is 239 g/mol. The zero-order valence-electron chi connectivity index (χ0n) is 8.19. The van der Waals surface area contributed by atoms with Crippen LogP contribution >= 0.6 is 11.6 Å². The Morgan fingerprint density at radius 3 is 2.81 bits per heavy atom. The van der Waals surface area contributed by atoms with Crippen molar-refractivity contribution < 1.29 is 14.5 Å². The topological polar surface area (TPSA) is 69.4 Å². The number of rotatable bonds is 1. The molecule has 0 heterocycles. The van der Waals surface area contributed by atoms with E-state index in [2.05, 4.69) is 16.6 Å². The van der Waals surface area contributed by atoms with E-state index in [1.165, 1.54) is 25.3 Å². The van der Waals surface area contributed by atoms with E-state index in [1.807, 2.05) is 0 Å². The third kappa shape index (κ3) is 2.97. The summed E-state index contributed by atoms with van der Waals surface area (Å²) in [6, 6.07) is 3.80. The summed E-state index contributed by atoms with van der Waals surface area (Å²) in [5.41, 5.74) is 0.0693. The fourth-order valence-corrected chi connectivity index (χ4v) is 1.06. The fourth-order valence-electron chi connectivity index (χ4n) is 0.892. The first-order valence-electron chi connectivity index (χ1n) is 4.08. The van der Waals surface area contributed by atoms with E-state index in [1.54, 1.807) is 0 Å². The maximum Gasteiger partial charge on any atom is 0.384 e. The summed E-state index contributed by atoms with van der Waals surface area (Å²) < 4.78 is 4.30. The van der Waals surface area contributed by atoms with E-state index in [4.69, 9.17) is 11.6 Å². The molecule has 0 bridgehead atoms. The molecule has 1 aromatic rings. The molecule has 1 rings (SSSR count). The molecule has 1 aromatic carbocycles. The molecule has 0 fully saturated rings. The molecule has 6 heteroatoms. The van der Waals surface area contributed by atoms with Crippen molar-refractivity contribution in [2.75, 3.05) is 7.11 Å². The molecule has 0 aliphatic rings. The van der Waals surface area contributed by atoms with Crippen molar-refractivity contribution in [2.45, 2.75) is 0 Å². The summed E-state index contributed by atoms with van der Waals surface area (Å²) in [5.74, 6) is 3.80. The number of carbonyl (C=O) groups excluding carboxylic acids is 1. The van der Waals surface area contributed by atoms with Gasteiger partial charge >= 0.3 is 5.97 Å². The first-order chi connectivity index (χ1) is 7.54. The molecule has 82 valence electrons. The molecule has 0 aliphatic heterocycles. The number of nitro groups is 1. The molecular formula is C10H6ClNO4. The number of carbonyl (C=O) groups is 1.